The number of hydrogen-bond donors (Lipinski definition) is 3. The molecular formula is C19H17Cl2N5O2. The van der Waals surface area contributed by atoms with Crippen LogP contribution < -0.4 is 16.4 Å². The Hall–Kier alpha value is -3.03. The van der Waals surface area contributed by atoms with Crippen molar-refractivity contribution in [2.45, 2.75) is 6.92 Å². The molecule has 1 aromatic heterocycles. The first-order valence-electron chi connectivity index (χ1n) is 8.34. The van der Waals surface area contributed by atoms with Gasteiger partial charge in [-0.2, -0.15) is 0 Å². The maximum atomic E-state index is 11.9. The predicted molar refractivity (Wildman–Crippen MR) is 112 cm³/mol. The van der Waals surface area contributed by atoms with Gasteiger partial charge in [0.15, 0.2) is 11.6 Å². The summed E-state index contributed by atoms with van der Waals surface area (Å²) in [6, 6.07) is 11.9. The number of ether oxygens (including phenoxy) is 1. The molecule has 0 spiro atoms. The zero-order chi connectivity index (χ0) is 20.1. The molecule has 4 N–H and O–H groups in total. The normalized spacial score (nSPS) is 10.4. The summed E-state index contributed by atoms with van der Waals surface area (Å²) < 4.78 is 5.01. The number of nitrogens with one attached hydrogen (secondary N) is 2. The summed E-state index contributed by atoms with van der Waals surface area (Å²) in [6.07, 6.45) is 1.36. The van der Waals surface area contributed by atoms with Crippen LogP contribution in [0.5, 0.6) is 0 Å². The second-order valence-corrected chi connectivity index (χ2v) is 6.50. The Bertz CT molecular complexity index is 1010. The van der Waals surface area contributed by atoms with Gasteiger partial charge in [0.2, 0.25) is 0 Å². The molecule has 0 saturated carbocycles. The van der Waals surface area contributed by atoms with Crippen molar-refractivity contribution in [2.75, 3.05) is 23.0 Å². The second-order valence-electron chi connectivity index (χ2n) is 5.66. The number of esters is 1. The number of carbonyl (C=O) groups excluding carboxylic acids is 1. The Labute approximate surface area is 171 Å². The maximum absolute atomic E-state index is 11.9. The van der Waals surface area contributed by atoms with E-state index in [4.69, 9.17) is 33.7 Å². The maximum Gasteiger partial charge on any atom is 0.338 e. The van der Waals surface area contributed by atoms with E-state index in [2.05, 4.69) is 20.6 Å². The van der Waals surface area contributed by atoms with E-state index in [0.717, 1.165) is 0 Å². The lowest BCUT2D eigenvalue weighted by Gasteiger charge is -2.14. The van der Waals surface area contributed by atoms with Crippen molar-refractivity contribution in [1.29, 1.82) is 0 Å². The fourth-order valence-corrected chi connectivity index (χ4v) is 2.84. The summed E-state index contributed by atoms with van der Waals surface area (Å²) in [7, 11) is 0. The zero-order valence-electron chi connectivity index (χ0n) is 14.9. The lowest BCUT2D eigenvalue weighted by molar-refractivity contribution is 0.0526. The van der Waals surface area contributed by atoms with E-state index in [0.29, 0.717) is 45.2 Å². The topological polar surface area (TPSA) is 102 Å². The third-order valence-corrected chi connectivity index (χ3v) is 4.25. The van der Waals surface area contributed by atoms with Gasteiger partial charge in [0.1, 0.15) is 12.0 Å². The fourth-order valence-electron chi connectivity index (χ4n) is 2.39. The summed E-state index contributed by atoms with van der Waals surface area (Å²) in [5, 5.41) is 7.10. The number of benzene rings is 2. The number of halogens is 2. The van der Waals surface area contributed by atoms with Crippen LogP contribution >= 0.6 is 23.2 Å². The first-order chi connectivity index (χ1) is 13.5. The molecule has 1 heterocycles. The molecular weight excluding hydrogens is 401 g/mol. The van der Waals surface area contributed by atoms with E-state index in [1.807, 2.05) is 0 Å². The minimum atomic E-state index is -0.401. The number of rotatable bonds is 6. The SMILES string of the molecule is CCOC(=O)c1cccc(Nc2ncnc(Nc3ccc(Cl)cc3Cl)c2N)c1. The van der Waals surface area contributed by atoms with Crippen LogP contribution in [0.1, 0.15) is 17.3 Å². The van der Waals surface area contributed by atoms with Gasteiger partial charge >= 0.3 is 5.97 Å². The van der Waals surface area contributed by atoms with Crippen LogP contribution in [0.4, 0.5) is 28.7 Å². The molecule has 3 rings (SSSR count). The number of nitrogens with zero attached hydrogens (tertiary/aromatic N) is 2. The van der Waals surface area contributed by atoms with Crippen molar-refractivity contribution in [3.63, 3.8) is 0 Å². The first-order valence-corrected chi connectivity index (χ1v) is 9.10. The number of carbonyl (C=O) groups is 1. The van der Waals surface area contributed by atoms with E-state index in [9.17, 15) is 4.79 Å². The average Bonchev–Trinajstić information content (AvgIpc) is 2.67. The number of nitrogen functional groups attached to an aromatic ring is 1. The molecule has 0 aliphatic carbocycles. The molecule has 0 bridgehead atoms. The van der Waals surface area contributed by atoms with Gasteiger partial charge in [0.05, 0.1) is 22.9 Å². The smallest absolute Gasteiger partial charge is 0.338 e. The van der Waals surface area contributed by atoms with Crippen LogP contribution in [0.25, 0.3) is 0 Å². The Morgan fingerprint density at radius 1 is 1.11 bits per heavy atom. The van der Waals surface area contributed by atoms with Crippen molar-refractivity contribution >= 4 is 57.9 Å². The Balaban J connectivity index is 1.83. The molecule has 28 heavy (non-hydrogen) atoms. The van der Waals surface area contributed by atoms with E-state index in [1.165, 1.54) is 6.33 Å². The quantitative estimate of drug-likeness (QED) is 0.483. The van der Waals surface area contributed by atoms with Crippen molar-refractivity contribution < 1.29 is 9.53 Å². The highest BCUT2D eigenvalue weighted by atomic mass is 35.5. The highest BCUT2D eigenvalue weighted by Crippen LogP contribution is 2.32. The van der Waals surface area contributed by atoms with E-state index < -0.39 is 5.97 Å². The highest BCUT2D eigenvalue weighted by Gasteiger charge is 2.12. The van der Waals surface area contributed by atoms with Gasteiger partial charge in [-0.05, 0) is 43.3 Å². The molecule has 2 aromatic carbocycles. The number of nitrogens with two attached hydrogens (primary N) is 1. The van der Waals surface area contributed by atoms with E-state index in [1.54, 1.807) is 49.4 Å². The molecule has 0 saturated heterocycles. The minimum absolute atomic E-state index is 0.287. The third kappa shape index (κ3) is 4.62. The molecule has 9 heteroatoms. The summed E-state index contributed by atoms with van der Waals surface area (Å²) in [4.78, 5) is 20.2. The van der Waals surface area contributed by atoms with Gasteiger partial charge in [0, 0.05) is 10.7 Å². The minimum Gasteiger partial charge on any atom is -0.462 e. The van der Waals surface area contributed by atoms with Crippen LogP contribution in [0, 0.1) is 0 Å². The van der Waals surface area contributed by atoms with Gasteiger partial charge in [-0.25, -0.2) is 14.8 Å². The molecule has 0 aliphatic heterocycles. The molecule has 144 valence electrons. The van der Waals surface area contributed by atoms with Crippen molar-refractivity contribution in [3.05, 3.63) is 64.4 Å². The van der Waals surface area contributed by atoms with Crippen molar-refractivity contribution in [3.8, 4) is 0 Å². The Morgan fingerprint density at radius 2 is 1.86 bits per heavy atom. The predicted octanol–water partition coefficient (Wildman–Crippen LogP) is 5.03. The van der Waals surface area contributed by atoms with Gasteiger partial charge in [-0.3, -0.25) is 0 Å². The molecule has 0 radical (unpaired) electrons. The standard InChI is InChI=1S/C19H17Cl2N5O2/c1-2-28-19(27)11-4-3-5-13(8-11)25-17-16(22)18(24-10-23-17)26-15-7-6-12(20)9-14(15)21/h3-10H,2,22H2,1H3,(H2,23,24,25,26). The van der Waals surface area contributed by atoms with Crippen LogP contribution in [-0.2, 0) is 4.74 Å². The summed E-state index contributed by atoms with van der Waals surface area (Å²) in [6.45, 7) is 2.06. The lowest BCUT2D eigenvalue weighted by Crippen LogP contribution is -2.07. The first kappa shape index (κ1) is 19.7. The molecule has 0 fully saturated rings. The third-order valence-electron chi connectivity index (χ3n) is 3.70. The van der Waals surface area contributed by atoms with Gasteiger partial charge in [-0.1, -0.05) is 29.3 Å². The van der Waals surface area contributed by atoms with Crippen molar-refractivity contribution in [1.82, 2.24) is 9.97 Å². The molecule has 0 amide bonds. The largest absolute Gasteiger partial charge is 0.462 e. The molecule has 7 nitrogen and oxygen atoms in total. The number of hydrogen-bond acceptors (Lipinski definition) is 7. The molecule has 0 unspecified atom stereocenters. The van der Waals surface area contributed by atoms with Crippen LogP contribution in [-0.4, -0.2) is 22.5 Å². The number of anilines is 5. The number of aromatic nitrogens is 2. The van der Waals surface area contributed by atoms with Gasteiger partial charge in [-0.15, -0.1) is 0 Å². The van der Waals surface area contributed by atoms with E-state index in [-0.39, 0.29) is 5.69 Å². The van der Waals surface area contributed by atoms with Crippen LogP contribution in [0.3, 0.4) is 0 Å². The van der Waals surface area contributed by atoms with E-state index >= 15 is 0 Å². The lowest BCUT2D eigenvalue weighted by atomic mass is 10.2. The zero-order valence-corrected chi connectivity index (χ0v) is 16.4. The van der Waals surface area contributed by atoms with Crippen LogP contribution in [0.15, 0.2) is 48.8 Å². The summed E-state index contributed by atoms with van der Waals surface area (Å²) in [5.41, 5.74) is 8.14. The van der Waals surface area contributed by atoms with Crippen LogP contribution in [0.2, 0.25) is 10.0 Å². The average molecular weight is 418 g/mol. The Morgan fingerprint density at radius 3 is 2.57 bits per heavy atom. The van der Waals surface area contributed by atoms with Gasteiger partial charge < -0.3 is 21.1 Å². The fraction of sp³-hybridized carbons (Fsp3) is 0.105. The second kappa shape index (κ2) is 8.77. The van der Waals surface area contributed by atoms with Gasteiger partial charge in [0.25, 0.3) is 0 Å². The summed E-state index contributed by atoms with van der Waals surface area (Å²) >= 11 is 12.1. The highest BCUT2D eigenvalue weighted by molar-refractivity contribution is 6.36. The molecule has 0 atom stereocenters. The molecule has 3 aromatic rings. The molecule has 0 aliphatic rings. The monoisotopic (exact) mass is 417 g/mol. The Kier molecular flexibility index (Phi) is 6.18. The summed E-state index contributed by atoms with van der Waals surface area (Å²) in [5.74, 6) is 0.355. The van der Waals surface area contributed by atoms with Crippen molar-refractivity contribution in [2.24, 2.45) is 0 Å².